The van der Waals surface area contributed by atoms with Crippen LogP contribution in [0.4, 0.5) is 11.4 Å². The van der Waals surface area contributed by atoms with Gasteiger partial charge >= 0.3 is 5.97 Å². The molecule has 3 aromatic carbocycles. The normalized spacial score (nSPS) is 12.1. The molecule has 1 aromatic heterocycles. The van der Waals surface area contributed by atoms with Crippen LogP contribution in [-0.2, 0) is 11.8 Å². The lowest BCUT2D eigenvalue weighted by Gasteiger charge is -2.14. The number of esters is 1. The smallest absolute Gasteiger partial charge is 0.336 e. The molecule has 0 saturated heterocycles. The molecule has 2 N–H and O–H groups in total. The molecule has 0 saturated carbocycles. The van der Waals surface area contributed by atoms with Crippen LogP contribution < -0.4 is 29.8 Å². The van der Waals surface area contributed by atoms with E-state index in [4.69, 9.17) is 18.9 Å². The molecule has 1 aliphatic heterocycles. The summed E-state index contributed by atoms with van der Waals surface area (Å²) in [5.41, 5.74) is 3.28. The van der Waals surface area contributed by atoms with E-state index in [-0.39, 0.29) is 23.9 Å². The van der Waals surface area contributed by atoms with Crippen molar-refractivity contribution in [3.8, 4) is 34.4 Å². The third-order valence-electron chi connectivity index (χ3n) is 6.04. The number of phenolic OH excluding ortho intramolecular Hbond substituents is 1. The van der Waals surface area contributed by atoms with Crippen molar-refractivity contribution in [1.29, 1.82) is 0 Å². The number of hydrogen-bond acceptors (Lipinski definition) is 8. The van der Waals surface area contributed by atoms with Gasteiger partial charge in [-0.2, -0.15) is 0 Å². The standard InChI is InChI=1S/C28H25N3O7/c1-17-12-27(33)31(30(17)2)20-8-6-19(7-9-20)29-21-14-25-26(37-16-36-25)15-23(21)38-28(34)11-5-18-4-10-22(32)24(13-18)35-3/h4-15,29,32H,16H2,1-3H3/b11-5+. The largest absolute Gasteiger partial charge is 0.504 e. The Labute approximate surface area is 217 Å². The van der Waals surface area contributed by atoms with Gasteiger partial charge in [-0.3, -0.25) is 9.48 Å². The molecule has 0 radical (unpaired) electrons. The highest BCUT2D eigenvalue weighted by atomic mass is 16.7. The molecule has 194 valence electrons. The third-order valence-corrected chi connectivity index (χ3v) is 6.04. The number of hydrogen-bond donors (Lipinski definition) is 2. The molecule has 0 spiro atoms. The van der Waals surface area contributed by atoms with Gasteiger partial charge in [-0.15, -0.1) is 0 Å². The van der Waals surface area contributed by atoms with Crippen molar-refractivity contribution in [2.45, 2.75) is 6.92 Å². The van der Waals surface area contributed by atoms with E-state index in [1.54, 1.807) is 45.8 Å². The second-order valence-corrected chi connectivity index (χ2v) is 8.52. The average molecular weight is 516 g/mol. The van der Waals surface area contributed by atoms with Gasteiger partial charge in [-0.05, 0) is 55.0 Å². The zero-order chi connectivity index (χ0) is 26.8. The first-order chi connectivity index (χ1) is 18.3. The number of fused-ring (bicyclic) bond motifs is 1. The van der Waals surface area contributed by atoms with Gasteiger partial charge in [0.25, 0.3) is 5.56 Å². The van der Waals surface area contributed by atoms with Crippen LogP contribution in [-0.4, -0.2) is 34.3 Å². The summed E-state index contributed by atoms with van der Waals surface area (Å²) in [5.74, 6) is 0.891. The summed E-state index contributed by atoms with van der Waals surface area (Å²) in [4.78, 5) is 25.0. The van der Waals surface area contributed by atoms with Gasteiger partial charge < -0.3 is 29.4 Å². The average Bonchev–Trinajstić information content (AvgIpc) is 3.46. The first-order valence-electron chi connectivity index (χ1n) is 11.7. The number of benzene rings is 3. The number of anilines is 2. The highest BCUT2D eigenvalue weighted by Gasteiger charge is 2.20. The molecule has 0 bridgehead atoms. The maximum absolute atomic E-state index is 12.7. The summed E-state index contributed by atoms with van der Waals surface area (Å²) in [6.07, 6.45) is 2.82. The van der Waals surface area contributed by atoms with Gasteiger partial charge in [0.15, 0.2) is 28.7 Å². The number of phenols is 1. The van der Waals surface area contributed by atoms with Gasteiger partial charge in [0.1, 0.15) is 0 Å². The van der Waals surface area contributed by atoms with Gasteiger partial charge in [0.2, 0.25) is 6.79 Å². The minimum absolute atomic E-state index is 0.00201. The molecule has 0 atom stereocenters. The third kappa shape index (κ3) is 4.92. The number of aromatic nitrogens is 2. The molecule has 4 aromatic rings. The Morgan fingerprint density at radius 3 is 2.45 bits per heavy atom. The van der Waals surface area contributed by atoms with E-state index in [9.17, 15) is 14.7 Å². The van der Waals surface area contributed by atoms with Crippen LogP contribution in [0.1, 0.15) is 11.3 Å². The summed E-state index contributed by atoms with van der Waals surface area (Å²) in [6, 6.07) is 16.8. The van der Waals surface area contributed by atoms with Crippen molar-refractivity contribution < 1.29 is 28.8 Å². The first kappa shape index (κ1) is 24.6. The summed E-state index contributed by atoms with van der Waals surface area (Å²) >= 11 is 0. The van der Waals surface area contributed by atoms with Crippen LogP contribution in [0.25, 0.3) is 11.8 Å². The van der Waals surface area contributed by atoms with Gasteiger partial charge in [-0.1, -0.05) is 6.07 Å². The van der Waals surface area contributed by atoms with Gasteiger partial charge in [0.05, 0.1) is 18.5 Å². The molecule has 10 heteroatoms. The van der Waals surface area contributed by atoms with Crippen LogP contribution >= 0.6 is 0 Å². The lowest BCUT2D eigenvalue weighted by molar-refractivity contribution is -0.128. The summed E-state index contributed by atoms with van der Waals surface area (Å²) < 4.78 is 25.0. The predicted molar refractivity (Wildman–Crippen MR) is 141 cm³/mol. The molecule has 38 heavy (non-hydrogen) atoms. The van der Waals surface area contributed by atoms with Crippen molar-refractivity contribution in [3.05, 3.63) is 88.4 Å². The van der Waals surface area contributed by atoms with E-state index in [0.717, 1.165) is 5.69 Å². The lowest BCUT2D eigenvalue weighted by Crippen LogP contribution is -2.19. The van der Waals surface area contributed by atoms with Crippen LogP contribution in [0, 0.1) is 6.92 Å². The fourth-order valence-corrected chi connectivity index (χ4v) is 3.99. The van der Waals surface area contributed by atoms with Crippen LogP contribution in [0.2, 0.25) is 0 Å². The number of nitrogens with zero attached hydrogens (tertiary/aromatic N) is 2. The molecule has 2 heterocycles. The maximum Gasteiger partial charge on any atom is 0.336 e. The van der Waals surface area contributed by atoms with E-state index in [2.05, 4.69) is 5.32 Å². The topological polar surface area (TPSA) is 113 Å². The number of ether oxygens (including phenoxy) is 4. The number of methoxy groups -OCH3 is 1. The Kier molecular flexibility index (Phi) is 6.53. The Hall–Kier alpha value is -5.12. The minimum atomic E-state index is -0.618. The fraction of sp³-hybridized carbons (Fsp3) is 0.143. The Balaban J connectivity index is 1.37. The molecule has 0 amide bonds. The highest BCUT2D eigenvalue weighted by Crippen LogP contribution is 2.42. The zero-order valence-corrected chi connectivity index (χ0v) is 20.9. The fourth-order valence-electron chi connectivity index (χ4n) is 3.99. The predicted octanol–water partition coefficient (Wildman–Crippen LogP) is 4.29. The lowest BCUT2D eigenvalue weighted by atomic mass is 10.2. The Morgan fingerprint density at radius 2 is 1.76 bits per heavy atom. The monoisotopic (exact) mass is 515 g/mol. The number of aryl methyl sites for hydroxylation is 1. The van der Waals surface area contributed by atoms with Crippen molar-refractivity contribution in [2.75, 3.05) is 19.2 Å². The van der Waals surface area contributed by atoms with Crippen LogP contribution in [0.15, 0.2) is 71.5 Å². The Bertz CT molecular complexity index is 1600. The molecular formula is C28H25N3O7. The summed E-state index contributed by atoms with van der Waals surface area (Å²) in [5, 5.41) is 13.0. The van der Waals surface area contributed by atoms with E-state index < -0.39 is 5.97 Å². The number of nitrogens with one attached hydrogen (secondary N) is 1. The number of aromatic hydroxyl groups is 1. The first-order valence-corrected chi connectivity index (χ1v) is 11.7. The molecular weight excluding hydrogens is 490 g/mol. The van der Waals surface area contributed by atoms with Crippen molar-refractivity contribution in [2.24, 2.45) is 7.05 Å². The van der Waals surface area contributed by atoms with E-state index in [0.29, 0.717) is 39.9 Å². The van der Waals surface area contributed by atoms with Crippen molar-refractivity contribution in [1.82, 2.24) is 9.36 Å². The minimum Gasteiger partial charge on any atom is -0.504 e. The molecule has 1 aliphatic rings. The number of carbonyl (C=O) groups excluding carboxylic acids is 1. The summed E-state index contributed by atoms with van der Waals surface area (Å²) in [7, 11) is 3.27. The number of rotatable bonds is 7. The van der Waals surface area contributed by atoms with Crippen LogP contribution in [0.5, 0.6) is 28.7 Å². The Morgan fingerprint density at radius 1 is 1.03 bits per heavy atom. The molecule has 10 nitrogen and oxygen atoms in total. The molecule has 0 aliphatic carbocycles. The van der Waals surface area contributed by atoms with Crippen LogP contribution in [0.3, 0.4) is 0 Å². The maximum atomic E-state index is 12.7. The molecule has 0 unspecified atom stereocenters. The molecule has 0 fully saturated rings. The molecule has 5 rings (SSSR count). The zero-order valence-electron chi connectivity index (χ0n) is 20.9. The summed E-state index contributed by atoms with van der Waals surface area (Å²) in [6.45, 7) is 1.93. The van der Waals surface area contributed by atoms with Gasteiger partial charge in [-0.25, -0.2) is 9.48 Å². The van der Waals surface area contributed by atoms with E-state index in [1.807, 2.05) is 38.2 Å². The van der Waals surface area contributed by atoms with Crippen molar-refractivity contribution >= 4 is 23.4 Å². The SMILES string of the molecule is COc1cc(/C=C/C(=O)Oc2cc3c(cc2Nc2ccc(-n4c(=O)cc(C)n4C)cc2)OCO3)ccc1O. The van der Waals surface area contributed by atoms with E-state index >= 15 is 0 Å². The number of carbonyl (C=O) groups is 1. The highest BCUT2D eigenvalue weighted by molar-refractivity contribution is 5.90. The second kappa shape index (κ2) is 10.1. The quantitative estimate of drug-likeness (QED) is 0.213. The van der Waals surface area contributed by atoms with E-state index in [1.165, 1.54) is 19.3 Å². The van der Waals surface area contributed by atoms with Crippen molar-refractivity contribution in [3.63, 3.8) is 0 Å². The van der Waals surface area contributed by atoms with Gasteiger partial charge in [0, 0.05) is 42.7 Å². The second-order valence-electron chi connectivity index (χ2n) is 8.52.